The molecule has 0 radical (unpaired) electrons. The average Bonchev–Trinajstić information content (AvgIpc) is 3.36. The van der Waals surface area contributed by atoms with Gasteiger partial charge in [-0.25, -0.2) is 9.78 Å². The largest absolute Gasteiger partial charge is 0.465 e. The van der Waals surface area contributed by atoms with Crippen molar-refractivity contribution in [2.75, 3.05) is 12.0 Å². The lowest BCUT2D eigenvalue weighted by molar-refractivity contribution is 0.0605. The summed E-state index contributed by atoms with van der Waals surface area (Å²) in [5.74, 6) is -0.667. The summed E-state index contributed by atoms with van der Waals surface area (Å²) in [5, 5.41) is 0.709. The highest BCUT2D eigenvalue weighted by molar-refractivity contribution is 7.17. The van der Waals surface area contributed by atoms with Crippen molar-refractivity contribution < 1.29 is 18.7 Å². The number of carbonyl (C=O) groups is 2. The van der Waals surface area contributed by atoms with E-state index in [1.807, 2.05) is 24.3 Å². The summed E-state index contributed by atoms with van der Waals surface area (Å²) in [6.07, 6.45) is 0. The van der Waals surface area contributed by atoms with Crippen LogP contribution < -0.4 is 10.3 Å². The van der Waals surface area contributed by atoms with E-state index in [2.05, 4.69) is 18.8 Å². The fourth-order valence-corrected chi connectivity index (χ4v) is 5.27. The second-order valence-electron chi connectivity index (χ2n) is 8.47. The second kappa shape index (κ2) is 8.22. The number of hydrogen-bond acceptors (Lipinski definition) is 7. The van der Waals surface area contributed by atoms with E-state index in [1.54, 1.807) is 31.2 Å². The zero-order valence-corrected chi connectivity index (χ0v) is 19.9. The van der Waals surface area contributed by atoms with Gasteiger partial charge in [0.2, 0.25) is 5.76 Å². The molecule has 0 N–H and O–H groups in total. The van der Waals surface area contributed by atoms with Gasteiger partial charge in [0.05, 0.1) is 29.8 Å². The number of benzene rings is 2. The van der Waals surface area contributed by atoms with Crippen molar-refractivity contribution in [2.24, 2.45) is 0 Å². The number of carbonyl (C=O) groups excluding carboxylic acids is 2. The Balaban J connectivity index is 1.75. The fourth-order valence-electron chi connectivity index (χ4n) is 4.26. The molecule has 1 aliphatic rings. The lowest BCUT2D eigenvalue weighted by Gasteiger charge is -2.23. The van der Waals surface area contributed by atoms with Crippen LogP contribution >= 0.6 is 11.3 Å². The Hall–Kier alpha value is -3.78. The van der Waals surface area contributed by atoms with Crippen molar-refractivity contribution in [3.8, 4) is 0 Å². The van der Waals surface area contributed by atoms with Gasteiger partial charge in [0.1, 0.15) is 10.5 Å². The molecule has 1 amide bonds. The molecule has 34 heavy (non-hydrogen) atoms. The normalized spacial score (nSPS) is 15.3. The number of amides is 1. The van der Waals surface area contributed by atoms with Crippen molar-refractivity contribution >= 4 is 39.3 Å². The van der Waals surface area contributed by atoms with Gasteiger partial charge >= 0.3 is 5.97 Å². The number of hydrogen-bond donors (Lipinski definition) is 0. The van der Waals surface area contributed by atoms with Gasteiger partial charge in [-0.3, -0.25) is 14.5 Å². The highest BCUT2D eigenvalue weighted by atomic mass is 32.1. The Bertz CT molecular complexity index is 1500. The van der Waals surface area contributed by atoms with Crippen LogP contribution in [0, 0.1) is 6.92 Å². The summed E-state index contributed by atoms with van der Waals surface area (Å²) >= 11 is 1.06. The summed E-state index contributed by atoms with van der Waals surface area (Å²) in [5.41, 5.74) is 2.71. The minimum Gasteiger partial charge on any atom is -0.465 e. The van der Waals surface area contributed by atoms with Crippen LogP contribution in [0.25, 0.3) is 11.0 Å². The van der Waals surface area contributed by atoms with Crippen molar-refractivity contribution in [1.82, 2.24) is 4.98 Å². The molecule has 4 aromatic rings. The molecule has 0 spiro atoms. The third kappa shape index (κ3) is 3.33. The number of aryl methyl sites for hydroxylation is 1. The van der Waals surface area contributed by atoms with Gasteiger partial charge in [-0.15, -0.1) is 0 Å². The third-order valence-electron chi connectivity index (χ3n) is 6.06. The molecule has 1 aliphatic heterocycles. The Morgan fingerprint density at radius 1 is 1.12 bits per heavy atom. The van der Waals surface area contributed by atoms with E-state index in [1.165, 1.54) is 12.0 Å². The fraction of sp³-hybridized carbons (Fsp3) is 0.231. The van der Waals surface area contributed by atoms with Gasteiger partial charge < -0.3 is 9.15 Å². The van der Waals surface area contributed by atoms with Crippen LogP contribution in [0.3, 0.4) is 0 Å². The van der Waals surface area contributed by atoms with E-state index >= 15 is 0 Å². The van der Waals surface area contributed by atoms with E-state index < -0.39 is 17.9 Å². The molecule has 1 unspecified atom stereocenters. The first-order valence-electron chi connectivity index (χ1n) is 10.9. The molecular formula is C26H22N2O5S. The van der Waals surface area contributed by atoms with Crippen LogP contribution in [0.5, 0.6) is 0 Å². The smallest absolute Gasteiger partial charge is 0.350 e. The van der Waals surface area contributed by atoms with Gasteiger partial charge in [-0.2, -0.15) is 0 Å². The molecule has 0 saturated heterocycles. The number of esters is 1. The quantitative estimate of drug-likeness (QED) is 0.377. The lowest BCUT2D eigenvalue weighted by Crippen LogP contribution is -2.29. The lowest BCUT2D eigenvalue weighted by atomic mass is 9.95. The molecule has 0 aliphatic carbocycles. The van der Waals surface area contributed by atoms with E-state index in [0.717, 1.165) is 22.5 Å². The summed E-state index contributed by atoms with van der Waals surface area (Å²) in [6.45, 7) is 5.89. The molecular weight excluding hydrogens is 452 g/mol. The number of para-hydroxylation sites is 1. The summed E-state index contributed by atoms with van der Waals surface area (Å²) in [4.78, 5) is 45.7. The number of methoxy groups -OCH3 is 1. The summed E-state index contributed by atoms with van der Waals surface area (Å²) in [7, 11) is 1.30. The maximum Gasteiger partial charge on any atom is 0.350 e. The molecule has 0 saturated carbocycles. The Morgan fingerprint density at radius 2 is 1.82 bits per heavy atom. The maximum atomic E-state index is 13.7. The van der Waals surface area contributed by atoms with E-state index in [9.17, 15) is 14.4 Å². The molecule has 2 aromatic carbocycles. The molecule has 7 nitrogen and oxygen atoms in total. The van der Waals surface area contributed by atoms with Crippen LogP contribution in [0.2, 0.25) is 0 Å². The Morgan fingerprint density at radius 3 is 2.50 bits per heavy atom. The maximum absolute atomic E-state index is 13.7. The molecule has 0 fully saturated rings. The van der Waals surface area contributed by atoms with Crippen LogP contribution in [-0.4, -0.2) is 24.0 Å². The zero-order chi connectivity index (χ0) is 24.1. The van der Waals surface area contributed by atoms with Crippen LogP contribution in [0.15, 0.2) is 57.7 Å². The van der Waals surface area contributed by atoms with Gasteiger partial charge in [0.15, 0.2) is 10.6 Å². The molecule has 8 heteroatoms. The Labute approximate surface area is 199 Å². The van der Waals surface area contributed by atoms with Crippen LogP contribution in [0.1, 0.15) is 68.4 Å². The van der Waals surface area contributed by atoms with E-state index in [0.29, 0.717) is 32.6 Å². The summed E-state index contributed by atoms with van der Waals surface area (Å²) < 4.78 is 10.8. The highest BCUT2D eigenvalue weighted by Gasteiger charge is 2.45. The number of ether oxygens (including phenoxy) is 1. The number of fused-ring (bicyclic) bond motifs is 2. The second-order valence-corrected chi connectivity index (χ2v) is 9.45. The predicted molar refractivity (Wildman–Crippen MR) is 130 cm³/mol. The SMILES string of the molecule is COC(=O)c1sc(N2C(=O)c3oc4ccccc4c(=O)c3C2c2ccc(C(C)C)cc2)nc1C. The number of anilines is 1. The molecule has 0 bridgehead atoms. The van der Waals surface area contributed by atoms with Crippen molar-refractivity contribution in [1.29, 1.82) is 0 Å². The van der Waals surface area contributed by atoms with Crippen molar-refractivity contribution in [2.45, 2.75) is 32.7 Å². The number of nitrogens with zero attached hydrogens (tertiary/aromatic N) is 2. The number of thiazole rings is 1. The van der Waals surface area contributed by atoms with Crippen LogP contribution in [-0.2, 0) is 4.74 Å². The minimum absolute atomic E-state index is 0.00546. The van der Waals surface area contributed by atoms with Gasteiger partial charge in [-0.05, 0) is 36.1 Å². The minimum atomic E-state index is -0.736. The van der Waals surface area contributed by atoms with Crippen molar-refractivity contribution in [3.05, 3.63) is 91.8 Å². The van der Waals surface area contributed by atoms with E-state index in [-0.39, 0.29) is 16.8 Å². The first-order chi connectivity index (χ1) is 16.3. The zero-order valence-electron chi connectivity index (χ0n) is 19.1. The summed E-state index contributed by atoms with van der Waals surface area (Å²) in [6, 6.07) is 14.0. The molecule has 3 heterocycles. The molecule has 172 valence electrons. The standard InChI is InChI=1S/C26H22N2O5S/c1-13(2)15-9-11-16(12-10-15)20-19-21(29)17-7-5-6-8-18(17)33-22(19)24(30)28(20)26-27-14(3)23(34-26)25(31)32-4/h5-13,20H,1-4H3. The van der Waals surface area contributed by atoms with E-state index in [4.69, 9.17) is 9.15 Å². The van der Waals surface area contributed by atoms with Gasteiger partial charge in [0, 0.05) is 0 Å². The first kappa shape index (κ1) is 22.0. The van der Waals surface area contributed by atoms with Gasteiger partial charge in [0.25, 0.3) is 5.91 Å². The average molecular weight is 475 g/mol. The molecule has 1 atom stereocenters. The topological polar surface area (TPSA) is 89.7 Å². The first-order valence-corrected chi connectivity index (χ1v) is 11.7. The van der Waals surface area contributed by atoms with Crippen molar-refractivity contribution in [3.63, 3.8) is 0 Å². The Kier molecular flexibility index (Phi) is 5.32. The molecule has 5 rings (SSSR count). The monoisotopic (exact) mass is 474 g/mol. The number of rotatable bonds is 4. The van der Waals surface area contributed by atoms with Gasteiger partial charge in [-0.1, -0.05) is 61.6 Å². The number of aromatic nitrogens is 1. The highest BCUT2D eigenvalue weighted by Crippen LogP contribution is 2.43. The molecule has 2 aromatic heterocycles. The predicted octanol–water partition coefficient (Wildman–Crippen LogP) is 5.22. The van der Waals surface area contributed by atoms with Crippen LogP contribution in [0.4, 0.5) is 5.13 Å². The third-order valence-corrected chi connectivity index (χ3v) is 7.20.